The van der Waals surface area contributed by atoms with Gasteiger partial charge in [0.15, 0.2) is 11.5 Å². The Hall–Kier alpha value is -3.52. The molecule has 0 atom stereocenters. The van der Waals surface area contributed by atoms with Gasteiger partial charge in [0.1, 0.15) is 17.0 Å². The van der Waals surface area contributed by atoms with Crippen molar-refractivity contribution in [1.29, 1.82) is 0 Å². The van der Waals surface area contributed by atoms with Gasteiger partial charge in [-0.3, -0.25) is 4.31 Å². The number of anilines is 1. The molecule has 8 heteroatoms. The number of sulfonamides is 1. The van der Waals surface area contributed by atoms with Crippen LogP contribution in [0, 0.1) is 0 Å². The first-order valence-electron chi connectivity index (χ1n) is 10.4. The van der Waals surface area contributed by atoms with Crippen molar-refractivity contribution in [3.05, 3.63) is 78.1 Å². The number of hydrogen-bond acceptors (Lipinski definition) is 6. The van der Waals surface area contributed by atoms with Crippen molar-refractivity contribution in [2.45, 2.75) is 30.9 Å². The maximum absolute atomic E-state index is 13.7. The van der Waals surface area contributed by atoms with E-state index in [9.17, 15) is 8.42 Å². The van der Waals surface area contributed by atoms with Crippen LogP contribution in [0.15, 0.2) is 71.6 Å². The number of ether oxygens (including phenoxy) is 3. The number of para-hydroxylation sites is 1. The van der Waals surface area contributed by atoms with Crippen LogP contribution in [0.1, 0.15) is 25.2 Å². The molecular weight excluding hydrogens is 440 g/mol. The molecule has 33 heavy (non-hydrogen) atoms. The van der Waals surface area contributed by atoms with Crippen LogP contribution in [0.2, 0.25) is 0 Å². The van der Waals surface area contributed by atoms with Gasteiger partial charge in [-0.15, -0.1) is 0 Å². The molecule has 0 aliphatic carbocycles. The summed E-state index contributed by atoms with van der Waals surface area (Å²) in [7, 11) is -0.969. The molecule has 7 nitrogen and oxygen atoms in total. The van der Waals surface area contributed by atoms with E-state index in [4.69, 9.17) is 14.2 Å². The second-order valence-corrected chi connectivity index (χ2v) is 9.95. The summed E-state index contributed by atoms with van der Waals surface area (Å²) in [5.41, 5.74) is 1.38. The number of pyridine rings is 1. The number of nitrogens with zero attached hydrogens (tertiary/aromatic N) is 2. The van der Waals surface area contributed by atoms with Gasteiger partial charge in [0.05, 0.1) is 37.0 Å². The SMILES string of the molecule is COc1ccc(S(=O)(=O)N(Cc2ccc3c(n2)C=CC(C)(C)O3)c2ccccc2)cc1OC. The Morgan fingerprint density at radius 1 is 0.970 bits per heavy atom. The van der Waals surface area contributed by atoms with E-state index < -0.39 is 15.6 Å². The lowest BCUT2D eigenvalue weighted by molar-refractivity contribution is 0.158. The van der Waals surface area contributed by atoms with E-state index in [1.165, 1.54) is 30.7 Å². The summed E-state index contributed by atoms with van der Waals surface area (Å²) in [5.74, 6) is 1.46. The molecule has 0 saturated heterocycles. The highest BCUT2D eigenvalue weighted by Gasteiger charge is 2.28. The average molecular weight is 467 g/mol. The summed E-state index contributed by atoms with van der Waals surface area (Å²) >= 11 is 0. The van der Waals surface area contributed by atoms with Gasteiger partial charge in [-0.2, -0.15) is 0 Å². The second-order valence-electron chi connectivity index (χ2n) is 8.09. The molecular formula is C25H26N2O5S. The van der Waals surface area contributed by atoms with E-state index in [0.29, 0.717) is 34.3 Å². The molecule has 3 aromatic rings. The molecule has 0 N–H and O–H groups in total. The first kappa shape index (κ1) is 22.7. The van der Waals surface area contributed by atoms with E-state index in [1.54, 1.807) is 36.4 Å². The van der Waals surface area contributed by atoms with E-state index in [1.807, 2.05) is 38.1 Å². The predicted octanol–water partition coefficient (Wildman–Crippen LogP) is 4.68. The smallest absolute Gasteiger partial charge is 0.264 e. The molecule has 0 radical (unpaired) electrons. The summed E-state index contributed by atoms with van der Waals surface area (Å²) in [6.45, 7) is 3.98. The molecule has 2 aromatic carbocycles. The lowest BCUT2D eigenvalue weighted by Gasteiger charge is -2.28. The van der Waals surface area contributed by atoms with Gasteiger partial charge in [0, 0.05) is 6.07 Å². The molecule has 0 unspecified atom stereocenters. The standard InChI is InChI=1S/C25H26N2O5S/c1-25(2)15-14-21-22(32-25)12-10-18(26-21)17-27(19-8-6-5-7-9-19)33(28,29)20-11-13-23(30-3)24(16-20)31-4/h5-16H,17H2,1-4H3. The first-order valence-corrected chi connectivity index (χ1v) is 11.9. The number of rotatable bonds is 7. The van der Waals surface area contributed by atoms with Gasteiger partial charge in [0.25, 0.3) is 10.0 Å². The van der Waals surface area contributed by atoms with E-state index >= 15 is 0 Å². The number of benzene rings is 2. The van der Waals surface area contributed by atoms with Crippen LogP contribution in [0.4, 0.5) is 5.69 Å². The quantitative estimate of drug-likeness (QED) is 0.503. The normalized spacial score (nSPS) is 14.2. The highest BCUT2D eigenvalue weighted by molar-refractivity contribution is 7.92. The fourth-order valence-corrected chi connectivity index (χ4v) is 5.01. The van der Waals surface area contributed by atoms with Crippen LogP contribution in [0.5, 0.6) is 17.2 Å². The third-order valence-electron chi connectivity index (χ3n) is 5.25. The molecule has 1 aliphatic rings. The Balaban J connectivity index is 1.74. The Morgan fingerprint density at radius 3 is 2.39 bits per heavy atom. The Morgan fingerprint density at radius 2 is 1.70 bits per heavy atom. The zero-order valence-electron chi connectivity index (χ0n) is 19.0. The molecule has 172 valence electrons. The summed E-state index contributed by atoms with van der Waals surface area (Å²) in [5, 5.41) is 0. The Labute approximate surface area is 194 Å². The molecule has 1 aromatic heterocycles. The van der Waals surface area contributed by atoms with Crippen molar-refractivity contribution >= 4 is 21.8 Å². The van der Waals surface area contributed by atoms with Gasteiger partial charge in [-0.25, -0.2) is 13.4 Å². The topological polar surface area (TPSA) is 78.0 Å². The van der Waals surface area contributed by atoms with Crippen molar-refractivity contribution in [3.8, 4) is 17.2 Å². The van der Waals surface area contributed by atoms with Gasteiger partial charge >= 0.3 is 0 Å². The summed E-state index contributed by atoms with van der Waals surface area (Å²) in [4.78, 5) is 4.74. The van der Waals surface area contributed by atoms with Gasteiger partial charge < -0.3 is 14.2 Å². The number of fused-ring (bicyclic) bond motifs is 1. The van der Waals surface area contributed by atoms with Gasteiger partial charge in [0.2, 0.25) is 0 Å². The maximum atomic E-state index is 13.7. The lowest BCUT2D eigenvalue weighted by atomic mass is 10.1. The molecule has 0 saturated carbocycles. The molecule has 0 amide bonds. The minimum Gasteiger partial charge on any atom is -0.493 e. The monoisotopic (exact) mass is 466 g/mol. The average Bonchev–Trinajstić information content (AvgIpc) is 2.82. The molecule has 0 spiro atoms. The summed E-state index contributed by atoms with van der Waals surface area (Å²) in [6.07, 6.45) is 3.83. The minimum absolute atomic E-state index is 0.0468. The zero-order chi connectivity index (χ0) is 23.6. The molecule has 4 rings (SSSR count). The lowest BCUT2D eigenvalue weighted by Crippen LogP contribution is -2.31. The van der Waals surface area contributed by atoms with E-state index in [2.05, 4.69) is 4.98 Å². The van der Waals surface area contributed by atoms with Gasteiger partial charge in [-0.05, 0) is 62.4 Å². The number of methoxy groups -OCH3 is 2. The summed E-state index contributed by atoms with van der Waals surface area (Å²) < 4.78 is 45.3. The van der Waals surface area contributed by atoms with Gasteiger partial charge in [-0.1, -0.05) is 18.2 Å². The predicted molar refractivity (Wildman–Crippen MR) is 127 cm³/mol. The van der Waals surface area contributed by atoms with Crippen LogP contribution in [0.25, 0.3) is 6.08 Å². The fraction of sp³-hybridized carbons (Fsp3) is 0.240. The third-order valence-corrected chi connectivity index (χ3v) is 7.02. The first-order chi connectivity index (χ1) is 15.7. The van der Waals surface area contributed by atoms with Crippen LogP contribution < -0.4 is 18.5 Å². The number of aromatic nitrogens is 1. The van der Waals surface area contributed by atoms with Crippen molar-refractivity contribution < 1.29 is 22.6 Å². The Kier molecular flexibility index (Phi) is 6.03. The van der Waals surface area contributed by atoms with E-state index in [0.717, 1.165) is 0 Å². The van der Waals surface area contributed by atoms with Crippen LogP contribution in [-0.2, 0) is 16.6 Å². The number of hydrogen-bond donors (Lipinski definition) is 0. The molecule has 0 fully saturated rings. The third kappa shape index (κ3) is 4.66. The second kappa shape index (κ2) is 8.78. The van der Waals surface area contributed by atoms with Crippen molar-refractivity contribution in [3.63, 3.8) is 0 Å². The van der Waals surface area contributed by atoms with Crippen LogP contribution in [-0.4, -0.2) is 33.2 Å². The molecule has 0 bridgehead atoms. The largest absolute Gasteiger partial charge is 0.493 e. The van der Waals surface area contributed by atoms with Crippen LogP contribution >= 0.6 is 0 Å². The highest BCUT2D eigenvalue weighted by Crippen LogP contribution is 2.34. The van der Waals surface area contributed by atoms with Crippen molar-refractivity contribution in [2.24, 2.45) is 0 Å². The zero-order valence-corrected chi connectivity index (χ0v) is 19.8. The molecule has 2 heterocycles. The van der Waals surface area contributed by atoms with Crippen molar-refractivity contribution in [2.75, 3.05) is 18.5 Å². The Bertz CT molecular complexity index is 1290. The fourth-order valence-electron chi connectivity index (χ4n) is 3.56. The molecule has 1 aliphatic heterocycles. The summed E-state index contributed by atoms with van der Waals surface area (Å²) in [6, 6.07) is 17.1. The van der Waals surface area contributed by atoms with Crippen molar-refractivity contribution in [1.82, 2.24) is 4.98 Å². The van der Waals surface area contributed by atoms with Crippen LogP contribution in [0.3, 0.4) is 0 Å². The highest BCUT2D eigenvalue weighted by atomic mass is 32.2. The van der Waals surface area contributed by atoms with E-state index in [-0.39, 0.29) is 11.4 Å². The maximum Gasteiger partial charge on any atom is 0.264 e. The minimum atomic E-state index is -3.94.